The van der Waals surface area contributed by atoms with Crippen LogP contribution in [0.4, 0.5) is 10.1 Å². The van der Waals surface area contributed by atoms with E-state index >= 15 is 0 Å². The molecule has 0 bridgehead atoms. The molecule has 2 aromatic rings. The summed E-state index contributed by atoms with van der Waals surface area (Å²) in [6, 6.07) is 11.2. The van der Waals surface area contributed by atoms with Gasteiger partial charge < -0.3 is 10.0 Å². The van der Waals surface area contributed by atoms with Crippen LogP contribution >= 0.6 is 15.9 Å². The number of hydrogen-bond acceptors (Lipinski definition) is 2. The minimum atomic E-state index is -0.980. The maximum Gasteiger partial charge on any atom is 0.335 e. The fourth-order valence-corrected chi connectivity index (χ4v) is 2.82. The molecule has 0 amide bonds. The second-order valence-electron chi connectivity index (χ2n) is 4.78. The Morgan fingerprint density at radius 1 is 1.29 bits per heavy atom. The topological polar surface area (TPSA) is 40.5 Å². The fourth-order valence-electron chi connectivity index (χ4n) is 2.16. The molecule has 1 unspecified atom stereocenters. The number of carboxylic acid groups (broad SMARTS) is 1. The molecule has 0 radical (unpaired) electrons. The van der Waals surface area contributed by atoms with Gasteiger partial charge in [-0.05, 0) is 47.1 Å². The lowest BCUT2D eigenvalue weighted by Gasteiger charge is -2.28. The van der Waals surface area contributed by atoms with Crippen molar-refractivity contribution in [2.24, 2.45) is 0 Å². The number of rotatable bonds is 4. The number of carboxylic acids is 1. The summed E-state index contributed by atoms with van der Waals surface area (Å²) < 4.78 is 14.5. The molecule has 2 aromatic carbocycles. The summed E-state index contributed by atoms with van der Waals surface area (Å²) in [6.45, 7) is 1.90. The van der Waals surface area contributed by atoms with Crippen molar-refractivity contribution in [2.45, 2.75) is 13.0 Å². The molecule has 0 aliphatic rings. The van der Waals surface area contributed by atoms with E-state index in [1.807, 2.05) is 18.9 Å². The van der Waals surface area contributed by atoms with Crippen molar-refractivity contribution in [1.82, 2.24) is 0 Å². The molecule has 0 aromatic heterocycles. The van der Waals surface area contributed by atoms with Crippen LogP contribution in [-0.2, 0) is 0 Å². The van der Waals surface area contributed by atoms with Crippen LogP contribution in [0.1, 0.15) is 28.9 Å². The number of anilines is 1. The zero-order chi connectivity index (χ0) is 15.6. The number of benzene rings is 2. The second-order valence-corrected chi connectivity index (χ2v) is 5.63. The summed E-state index contributed by atoms with van der Waals surface area (Å²) in [5.41, 5.74) is 1.60. The van der Waals surface area contributed by atoms with E-state index in [-0.39, 0.29) is 17.4 Å². The second kappa shape index (κ2) is 6.26. The third-order valence-electron chi connectivity index (χ3n) is 3.51. The highest BCUT2D eigenvalue weighted by atomic mass is 79.9. The Hall–Kier alpha value is -1.88. The highest BCUT2D eigenvalue weighted by Gasteiger charge is 2.18. The Morgan fingerprint density at radius 3 is 2.52 bits per heavy atom. The summed E-state index contributed by atoms with van der Waals surface area (Å²) >= 11 is 3.38. The van der Waals surface area contributed by atoms with Gasteiger partial charge in [0.25, 0.3) is 0 Å². The van der Waals surface area contributed by atoms with E-state index in [1.54, 1.807) is 30.3 Å². The van der Waals surface area contributed by atoms with Gasteiger partial charge in [0.15, 0.2) is 0 Å². The number of carbonyl (C=O) groups is 1. The zero-order valence-corrected chi connectivity index (χ0v) is 13.3. The Kier molecular flexibility index (Phi) is 4.63. The standard InChI is InChI=1S/C16H15BrFNO2/c1-10(12-5-3-4-6-14(12)18)19(2)15-8-7-11(16(20)21)9-13(15)17/h3-10H,1-2H3,(H,20,21). The SMILES string of the molecule is CC(c1ccccc1F)N(C)c1ccc(C(=O)O)cc1Br. The highest BCUT2D eigenvalue weighted by molar-refractivity contribution is 9.10. The smallest absolute Gasteiger partial charge is 0.335 e. The summed E-state index contributed by atoms with van der Waals surface area (Å²) in [5, 5.41) is 8.98. The van der Waals surface area contributed by atoms with Crippen LogP contribution in [-0.4, -0.2) is 18.1 Å². The van der Waals surface area contributed by atoms with E-state index in [2.05, 4.69) is 15.9 Å². The third-order valence-corrected chi connectivity index (χ3v) is 4.15. The Bertz CT molecular complexity index is 675. The molecular formula is C16H15BrFNO2. The first-order valence-corrected chi connectivity index (χ1v) is 7.21. The molecule has 0 saturated heterocycles. The Morgan fingerprint density at radius 2 is 1.95 bits per heavy atom. The van der Waals surface area contributed by atoms with Crippen LogP contribution in [0.2, 0.25) is 0 Å². The third kappa shape index (κ3) is 3.24. The van der Waals surface area contributed by atoms with E-state index in [0.29, 0.717) is 10.0 Å². The highest BCUT2D eigenvalue weighted by Crippen LogP contribution is 2.33. The van der Waals surface area contributed by atoms with Gasteiger partial charge in [-0.15, -0.1) is 0 Å². The molecule has 0 fully saturated rings. The van der Waals surface area contributed by atoms with Crippen molar-refractivity contribution in [3.63, 3.8) is 0 Å². The molecule has 0 heterocycles. The van der Waals surface area contributed by atoms with Crippen LogP contribution < -0.4 is 4.90 Å². The van der Waals surface area contributed by atoms with Gasteiger partial charge in [-0.1, -0.05) is 18.2 Å². The average molecular weight is 352 g/mol. The molecule has 0 spiro atoms. The number of hydrogen-bond donors (Lipinski definition) is 1. The maximum atomic E-state index is 13.9. The van der Waals surface area contributed by atoms with Crippen molar-refractivity contribution < 1.29 is 14.3 Å². The first-order chi connectivity index (χ1) is 9.91. The van der Waals surface area contributed by atoms with Crippen LogP contribution in [0.3, 0.4) is 0 Å². The zero-order valence-electron chi connectivity index (χ0n) is 11.7. The maximum absolute atomic E-state index is 13.9. The molecule has 21 heavy (non-hydrogen) atoms. The van der Waals surface area contributed by atoms with Crippen molar-refractivity contribution >= 4 is 27.6 Å². The monoisotopic (exact) mass is 351 g/mol. The predicted molar refractivity (Wildman–Crippen MR) is 84.3 cm³/mol. The molecule has 0 saturated carbocycles. The molecule has 5 heteroatoms. The summed E-state index contributed by atoms with van der Waals surface area (Å²) in [6.07, 6.45) is 0. The van der Waals surface area contributed by atoms with Gasteiger partial charge in [0.1, 0.15) is 5.82 Å². The quantitative estimate of drug-likeness (QED) is 0.882. The lowest BCUT2D eigenvalue weighted by molar-refractivity contribution is 0.0697. The van der Waals surface area contributed by atoms with Crippen molar-refractivity contribution in [2.75, 3.05) is 11.9 Å². The van der Waals surface area contributed by atoms with Crippen LogP contribution in [0.5, 0.6) is 0 Å². The summed E-state index contributed by atoms with van der Waals surface area (Å²) in [4.78, 5) is 12.8. The van der Waals surface area contributed by atoms with E-state index in [9.17, 15) is 9.18 Å². The van der Waals surface area contributed by atoms with Gasteiger partial charge in [-0.25, -0.2) is 9.18 Å². The first-order valence-electron chi connectivity index (χ1n) is 6.42. The first kappa shape index (κ1) is 15.5. The lowest BCUT2D eigenvalue weighted by Crippen LogP contribution is -2.23. The van der Waals surface area contributed by atoms with E-state index in [0.717, 1.165) is 5.69 Å². The minimum absolute atomic E-state index is 0.182. The molecule has 3 nitrogen and oxygen atoms in total. The Labute approximate surface area is 131 Å². The normalized spacial score (nSPS) is 12.0. The molecule has 1 atom stereocenters. The number of aromatic carboxylic acids is 1. The van der Waals surface area contributed by atoms with E-state index < -0.39 is 5.97 Å². The fraction of sp³-hybridized carbons (Fsp3) is 0.188. The molecule has 0 aliphatic carbocycles. The minimum Gasteiger partial charge on any atom is -0.478 e. The van der Waals surface area contributed by atoms with E-state index in [4.69, 9.17) is 5.11 Å². The summed E-state index contributed by atoms with van der Waals surface area (Å²) in [7, 11) is 1.84. The van der Waals surface area contributed by atoms with Gasteiger partial charge in [-0.2, -0.15) is 0 Å². The molecule has 2 rings (SSSR count). The van der Waals surface area contributed by atoms with Gasteiger partial charge in [-0.3, -0.25) is 0 Å². The molecule has 0 aliphatic heterocycles. The van der Waals surface area contributed by atoms with Crippen molar-refractivity contribution in [3.8, 4) is 0 Å². The van der Waals surface area contributed by atoms with Crippen LogP contribution in [0.25, 0.3) is 0 Å². The number of nitrogens with zero attached hydrogens (tertiary/aromatic N) is 1. The molecule has 110 valence electrons. The lowest BCUT2D eigenvalue weighted by atomic mass is 10.1. The van der Waals surface area contributed by atoms with Crippen LogP contribution in [0, 0.1) is 5.82 Å². The molecular weight excluding hydrogens is 337 g/mol. The van der Waals surface area contributed by atoms with Gasteiger partial charge >= 0.3 is 5.97 Å². The van der Waals surface area contributed by atoms with Crippen molar-refractivity contribution in [1.29, 1.82) is 0 Å². The van der Waals surface area contributed by atoms with E-state index in [1.165, 1.54) is 12.1 Å². The summed E-state index contributed by atoms with van der Waals surface area (Å²) in [5.74, 6) is -1.23. The predicted octanol–water partition coefficient (Wildman–Crippen LogP) is 4.48. The largest absolute Gasteiger partial charge is 0.478 e. The molecule has 1 N–H and O–H groups in total. The number of halogens is 2. The van der Waals surface area contributed by atoms with Crippen molar-refractivity contribution in [3.05, 3.63) is 63.9 Å². The van der Waals surface area contributed by atoms with Gasteiger partial charge in [0, 0.05) is 17.1 Å². The Balaban J connectivity index is 2.34. The van der Waals surface area contributed by atoms with Gasteiger partial charge in [0.05, 0.1) is 17.3 Å². The van der Waals surface area contributed by atoms with Crippen LogP contribution in [0.15, 0.2) is 46.9 Å². The van der Waals surface area contributed by atoms with Gasteiger partial charge in [0.2, 0.25) is 0 Å². The average Bonchev–Trinajstić information content (AvgIpc) is 2.46.